The summed E-state index contributed by atoms with van der Waals surface area (Å²) in [7, 11) is 0. The minimum atomic E-state index is -0.783. The van der Waals surface area contributed by atoms with E-state index >= 15 is 0 Å². The van der Waals surface area contributed by atoms with Gasteiger partial charge in [0.2, 0.25) is 0 Å². The average Bonchev–Trinajstić information content (AvgIpc) is 2.41. The minimum absolute atomic E-state index is 0.0503. The molecule has 0 heterocycles. The van der Waals surface area contributed by atoms with Gasteiger partial charge in [-0.2, -0.15) is 0 Å². The summed E-state index contributed by atoms with van der Waals surface area (Å²) >= 11 is 0. The third-order valence-electron chi connectivity index (χ3n) is 4.76. The molecule has 1 saturated carbocycles. The summed E-state index contributed by atoms with van der Waals surface area (Å²) in [5.41, 5.74) is 5.78. The van der Waals surface area contributed by atoms with Crippen molar-refractivity contribution in [1.29, 1.82) is 0 Å². The molecule has 0 bridgehead atoms. The standard InChI is InChI=1S/C17H25F2NO/c1-4-21-17(10-8-16(2,3)9-11-17)15(20)14-12(18)6-5-7-13(14)19/h5-7,15H,4,8-11,20H2,1-3H3. The van der Waals surface area contributed by atoms with Crippen LogP contribution in [0.5, 0.6) is 0 Å². The Morgan fingerprint density at radius 2 is 1.67 bits per heavy atom. The Bertz CT molecular complexity index is 471. The Labute approximate surface area is 125 Å². The first-order chi connectivity index (χ1) is 9.81. The lowest BCUT2D eigenvalue weighted by atomic mass is 9.67. The molecule has 0 saturated heterocycles. The van der Waals surface area contributed by atoms with E-state index in [0.717, 1.165) is 25.7 Å². The maximum atomic E-state index is 14.0. The largest absolute Gasteiger partial charge is 0.373 e. The lowest BCUT2D eigenvalue weighted by Gasteiger charge is -2.46. The molecule has 1 atom stereocenters. The summed E-state index contributed by atoms with van der Waals surface area (Å²) in [4.78, 5) is 0. The highest BCUT2D eigenvalue weighted by molar-refractivity contribution is 5.26. The number of nitrogens with two attached hydrogens (primary N) is 1. The molecule has 0 radical (unpaired) electrons. The Kier molecular flexibility index (Phi) is 4.69. The van der Waals surface area contributed by atoms with E-state index in [1.807, 2.05) is 6.92 Å². The first kappa shape index (κ1) is 16.4. The molecule has 4 heteroatoms. The van der Waals surface area contributed by atoms with Gasteiger partial charge in [-0.15, -0.1) is 0 Å². The van der Waals surface area contributed by atoms with Crippen molar-refractivity contribution >= 4 is 0 Å². The Hall–Kier alpha value is -1.00. The summed E-state index contributed by atoms with van der Waals surface area (Å²) in [5.74, 6) is -1.18. The Morgan fingerprint density at radius 3 is 2.14 bits per heavy atom. The van der Waals surface area contributed by atoms with E-state index in [0.29, 0.717) is 6.61 Å². The topological polar surface area (TPSA) is 35.2 Å². The summed E-state index contributed by atoms with van der Waals surface area (Å²) in [6, 6.07) is 3.09. The second-order valence-electron chi connectivity index (χ2n) is 6.78. The molecule has 0 spiro atoms. The molecule has 0 aromatic heterocycles. The first-order valence-electron chi connectivity index (χ1n) is 7.65. The van der Waals surface area contributed by atoms with Crippen LogP contribution in [-0.2, 0) is 4.74 Å². The molecule has 2 N–H and O–H groups in total. The number of hydrogen-bond donors (Lipinski definition) is 1. The van der Waals surface area contributed by atoms with E-state index in [1.54, 1.807) is 0 Å². The number of hydrogen-bond acceptors (Lipinski definition) is 2. The zero-order valence-corrected chi connectivity index (χ0v) is 13.1. The predicted octanol–water partition coefficient (Wildman–Crippen LogP) is 4.34. The molecule has 1 aromatic rings. The van der Waals surface area contributed by atoms with E-state index in [1.165, 1.54) is 18.2 Å². The summed E-state index contributed by atoms with van der Waals surface area (Å²) in [6.07, 6.45) is 3.33. The van der Waals surface area contributed by atoms with Crippen molar-refractivity contribution in [2.45, 2.75) is 58.1 Å². The summed E-state index contributed by atoms with van der Waals surface area (Å²) < 4.78 is 34.0. The molecule has 1 aromatic carbocycles. The van der Waals surface area contributed by atoms with Gasteiger partial charge in [0, 0.05) is 12.2 Å². The SMILES string of the molecule is CCOC1(C(N)c2c(F)cccc2F)CCC(C)(C)CC1. The second kappa shape index (κ2) is 6.01. The van der Waals surface area contributed by atoms with Crippen molar-refractivity contribution in [3.8, 4) is 0 Å². The maximum Gasteiger partial charge on any atom is 0.131 e. The number of rotatable bonds is 4. The first-order valence-corrected chi connectivity index (χ1v) is 7.65. The molecular formula is C17H25F2NO. The van der Waals surface area contributed by atoms with Crippen LogP contribution >= 0.6 is 0 Å². The molecule has 1 aliphatic carbocycles. The van der Waals surface area contributed by atoms with Crippen LogP contribution in [-0.4, -0.2) is 12.2 Å². The van der Waals surface area contributed by atoms with Crippen LogP contribution in [0.3, 0.4) is 0 Å². The van der Waals surface area contributed by atoms with Gasteiger partial charge in [-0.25, -0.2) is 8.78 Å². The van der Waals surface area contributed by atoms with E-state index in [-0.39, 0.29) is 11.0 Å². The van der Waals surface area contributed by atoms with Gasteiger partial charge in [-0.3, -0.25) is 0 Å². The van der Waals surface area contributed by atoms with Gasteiger partial charge in [0.25, 0.3) is 0 Å². The average molecular weight is 297 g/mol. The van der Waals surface area contributed by atoms with Crippen molar-refractivity contribution in [2.24, 2.45) is 11.1 Å². The van der Waals surface area contributed by atoms with Crippen molar-refractivity contribution in [3.05, 3.63) is 35.4 Å². The fourth-order valence-electron chi connectivity index (χ4n) is 3.25. The van der Waals surface area contributed by atoms with Gasteiger partial charge < -0.3 is 10.5 Å². The molecule has 2 rings (SSSR count). The van der Waals surface area contributed by atoms with Crippen LogP contribution in [0.4, 0.5) is 8.78 Å². The third-order valence-corrected chi connectivity index (χ3v) is 4.76. The maximum absolute atomic E-state index is 14.0. The molecule has 1 unspecified atom stereocenters. The fourth-order valence-corrected chi connectivity index (χ4v) is 3.25. The lowest BCUT2D eigenvalue weighted by molar-refractivity contribution is -0.101. The third kappa shape index (κ3) is 3.27. The highest BCUT2D eigenvalue weighted by Crippen LogP contribution is 2.47. The van der Waals surface area contributed by atoms with Gasteiger partial charge in [-0.05, 0) is 50.2 Å². The van der Waals surface area contributed by atoms with Crippen molar-refractivity contribution in [2.75, 3.05) is 6.61 Å². The van der Waals surface area contributed by atoms with Gasteiger partial charge >= 0.3 is 0 Å². The van der Waals surface area contributed by atoms with Crippen molar-refractivity contribution in [1.82, 2.24) is 0 Å². The number of ether oxygens (including phenoxy) is 1. The molecule has 2 nitrogen and oxygen atoms in total. The van der Waals surface area contributed by atoms with Crippen molar-refractivity contribution < 1.29 is 13.5 Å². The molecular weight excluding hydrogens is 272 g/mol. The number of halogens is 2. The molecule has 1 fully saturated rings. The highest BCUT2D eigenvalue weighted by atomic mass is 19.1. The van der Waals surface area contributed by atoms with E-state index in [4.69, 9.17) is 10.5 Å². The predicted molar refractivity (Wildman–Crippen MR) is 79.9 cm³/mol. The quantitative estimate of drug-likeness (QED) is 0.897. The minimum Gasteiger partial charge on any atom is -0.373 e. The van der Waals surface area contributed by atoms with Gasteiger partial charge in [-0.1, -0.05) is 19.9 Å². The highest BCUT2D eigenvalue weighted by Gasteiger charge is 2.45. The molecule has 21 heavy (non-hydrogen) atoms. The van der Waals surface area contributed by atoms with Crippen LogP contribution in [0.1, 0.15) is 58.1 Å². The van der Waals surface area contributed by atoms with Gasteiger partial charge in [0.1, 0.15) is 11.6 Å². The monoisotopic (exact) mass is 297 g/mol. The zero-order valence-electron chi connectivity index (χ0n) is 13.1. The molecule has 0 amide bonds. The van der Waals surface area contributed by atoms with Crippen LogP contribution in [0, 0.1) is 17.0 Å². The molecule has 0 aliphatic heterocycles. The summed E-state index contributed by atoms with van der Waals surface area (Å²) in [5, 5.41) is 0. The van der Waals surface area contributed by atoms with Crippen molar-refractivity contribution in [3.63, 3.8) is 0 Å². The van der Waals surface area contributed by atoms with Crippen LogP contribution in [0.2, 0.25) is 0 Å². The normalized spacial score (nSPS) is 22.0. The number of benzene rings is 1. The van der Waals surface area contributed by atoms with Crippen LogP contribution < -0.4 is 5.73 Å². The fraction of sp³-hybridized carbons (Fsp3) is 0.647. The van der Waals surface area contributed by atoms with Crippen LogP contribution in [0.15, 0.2) is 18.2 Å². The Balaban J connectivity index is 2.34. The summed E-state index contributed by atoms with van der Waals surface area (Å²) in [6.45, 7) is 6.80. The smallest absolute Gasteiger partial charge is 0.131 e. The Morgan fingerprint density at radius 1 is 1.14 bits per heavy atom. The second-order valence-corrected chi connectivity index (χ2v) is 6.78. The van der Waals surface area contributed by atoms with Gasteiger partial charge in [0.05, 0.1) is 11.6 Å². The zero-order chi connectivity index (χ0) is 15.7. The van der Waals surface area contributed by atoms with E-state index < -0.39 is 23.3 Å². The van der Waals surface area contributed by atoms with E-state index in [2.05, 4.69) is 13.8 Å². The van der Waals surface area contributed by atoms with Crippen LogP contribution in [0.25, 0.3) is 0 Å². The lowest BCUT2D eigenvalue weighted by Crippen LogP contribution is -2.48. The van der Waals surface area contributed by atoms with E-state index in [9.17, 15) is 8.78 Å². The van der Waals surface area contributed by atoms with Gasteiger partial charge in [0.15, 0.2) is 0 Å². The molecule has 118 valence electrons. The molecule has 1 aliphatic rings.